The Hall–Kier alpha value is -1.14. The maximum atomic E-state index is 11.8. The Morgan fingerprint density at radius 2 is 2.17 bits per heavy atom. The fourth-order valence-electron chi connectivity index (χ4n) is 2.07. The molecule has 0 spiro atoms. The van der Waals surface area contributed by atoms with E-state index in [1.807, 2.05) is 18.9 Å². The number of hydrogen-bond donors (Lipinski definition) is 1. The van der Waals surface area contributed by atoms with Crippen LogP contribution in [-0.2, 0) is 4.79 Å². The maximum Gasteiger partial charge on any atom is 0.241 e. The molecule has 1 saturated heterocycles. The summed E-state index contributed by atoms with van der Waals surface area (Å²) in [6, 6.07) is 0. The highest BCUT2D eigenvalue weighted by Crippen LogP contribution is 2.31. The summed E-state index contributed by atoms with van der Waals surface area (Å²) >= 11 is 1.48. The van der Waals surface area contributed by atoms with E-state index in [2.05, 4.69) is 4.98 Å². The molecular formula is C12H19N3O2S. The predicted octanol–water partition coefficient (Wildman–Crippen LogP) is 1.17. The number of aryl methyl sites for hydroxylation is 1. The molecule has 18 heavy (non-hydrogen) atoms. The van der Waals surface area contributed by atoms with Crippen LogP contribution in [0.15, 0.2) is 0 Å². The minimum Gasteiger partial charge on any atom is -0.388 e. The number of aromatic nitrogens is 1. The zero-order valence-electron chi connectivity index (χ0n) is 11.0. The Bertz CT molecular complexity index is 445. The number of aliphatic hydroxyl groups is 1. The van der Waals surface area contributed by atoms with Gasteiger partial charge in [0.15, 0.2) is 5.13 Å². The fourth-order valence-corrected chi connectivity index (χ4v) is 3.09. The number of aliphatic hydroxyl groups excluding tert-OH is 1. The first kappa shape index (κ1) is 13.3. The molecule has 1 aliphatic rings. The molecule has 0 bridgehead atoms. The number of anilines is 1. The second-order valence-electron chi connectivity index (χ2n) is 4.71. The zero-order valence-corrected chi connectivity index (χ0v) is 11.8. The van der Waals surface area contributed by atoms with Crippen molar-refractivity contribution in [3.63, 3.8) is 0 Å². The molecule has 1 aromatic heterocycles. The number of amides is 1. The molecule has 1 aliphatic heterocycles. The lowest BCUT2D eigenvalue weighted by molar-refractivity contribution is -0.127. The third kappa shape index (κ3) is 2.64. The molecule has 2 heterocycles. The van der Waals surface area contributed by atoms with Crippen molar-refractivity contribution in [3.8, 4) is 0 Å². The Labute approximate surface area is 111 Å². The summed E-state index contributed by atoms with van der Waals surface area (Å²) in [5.41, 5.74) is 0.857. The van der Waals surface area contributed by atoms with E-state index < -0.39 is 6.10 Å². The van der Waals surface area contributed by atoms with Gasteiger partial charge >= 0.3 is 0 Å². The minimum atomic E-state index is -0.499. The summed E-state index contributed by atoms with van der Waals surface area (Å²) in [6.07, 6.45) is 0.451. The quantitative estimate of drug-likeness (QED) is 0.876. The summed E-state index contributed by atoms with van der Waals surface area (Å²) in [4.78, 5) is 21.0. The molecule has 0 aliphatic carbocycles. The normalized spacial score (nSPS) is 19.0. The second-order valence-corrected chi connectivity index (χ2v) is 5.72. The highest BCUT2D eigenvalue weighted by Gasteiger charge is 2.22. The molecule has 1 fully saturated rings. The second kappa shape index (κ2) is 5.24. The van der Waals surface area contributed by atoms with E-state index in [1.54, 1.807) is 11.8 Å². The molecule has 100 valence electrons. The standard InChI is InChI=1S/C12H19N3O2S/c1-8-11(9(2)16)18-12(13-8)15-6-4-5-14(3)10(17)7-15/h9,16H,4-7H2,1-3H3. The molecule has 1 unspecified atom stereocenters. The molecular weight excluding hydrogens is 250 g/mol. The zero-order chi connectivity index (χ0) is 13.3. The number of carbonyl (C=O) groups is 1. The number of carbonyl (C=O) groups excluding carboxylic acids is 1. The smallest absolute Gasteiger partial charge is 0.241 e. The summed E-state index contributed by atoms with van der Waals surface area (Å²) in [6.45, 7) is 5.65. The van der Waals surface area contributed by atoms with Crippen LogP contribution in [0, 0.1) is 6.92 Å². The molecule has 1 N–H and O–H groups in total. The molecule has 0 saturated carbocycles. The number of likely N-dealkylation sites (N-methyl/N-ethyl adjacent to an activating group) is 1. The largest absolute Gasteiger partial charge is 0.388 e. The topological polar surface area (TPSA) is 56.7 Å². The Kier molecular flexibility index (Phi) is 3.87. The third-order valence-corrected chi connectivity index (χ3v) is 4.53. The highest BCUT2D eigenvalue weighted by atomic mass is 32.1. The van der Waals surface area contributed by atoms with Crippen LogP contribution >= 0.6 is 11.3 Å². The van der Waals surface area contributed by atoms with Crippen molar-refractivity contribution in [2.24, 2.45) is 0 Å². The summed E-state index contributed by atoms with van der Waals surface area (Å²) in [7, 11) is 1.83. The number of thiazole rings is 1. The van der Waals surface area contributed by atoms with E-state index in [-0.39, 0.29) is 5.91 Å². The van der Waals surface area contributed by atoms with Gasteiger partial charge in [-0.05, 0) is 20.3 Å². The van der Waals surface area contributed by atoms with Crippen molar-refractivity contribution in [1.29, 1.82) is 0 Å². The van der Waals surface area contributed by atoms with Crippen LogP contribution in [0.4, 0.5) is 5.13 Å². The van der Waals surface area contributed by atoms with E-state index in [9.17, 15) is 9.90 Å². The average molecular weight is 269 g/mol. The minimum absolute atomic E-state index is 0.124. The van der Waals surface area contributed by atoms with Gasteiger partial charge in [-0.2, -0.15) is 0 Å². The monoisotopic (exact) mass is 269 g/mol. The molecule has 1 atom stereocenters. The summed E-state index contributed by atoms with van der Waals surface area (Å²) in [5, 5.41) is 10.5. The summed E-state index contributed by atoms with van der Waals surface area (Å²) < 4.78 is 0. The van der Waals surface area contributed by atoms with Crippen molar-refractivity contribution in [2.45, 2.75) is 26.4 Å². The number of nitrogens with zero attached hydrogens (tertiary/aromatic N) is 3. The van der Waals surface area contributed by atoms with Gasteiger partial charge in [0.2, 0.25) is 5.91 Å². The first-order valence-corrected chi connectivity index (χ1v) is 6.95. The van der Waals surface area contributed by atoms with Gasteiger partial charge in [0.1, 0.15) is 0 Å². The SMILES string of the molecule is Cc1nc(N2CCCN(C)C(=O)C2)sc1C(C)O. The molecule has 0 aromatic carbocycles. The molecule has 0 radical (unpaired) electrons. The lowest BCUT2D eigenvalue weighted by Crippen LogP contribution is -2.34. The van der Waals surface area contributed by atoms with Crippen molar-refractivity contribution in [2.75, 3.05) is 31.6 Å². The lowest BCUT2D eigenvalue weighted by Gasteiger charge is -2.18. The Morgan fingerprint density at radius 3 is 2.78 bits per heavy atom. The van der Waals surface area contributed by atoms with Gasteiger partial charge in [-0.25, -0.2) is 4.98 Å². The van der Waals surface area contributed by atoms with Crippen LogP contribution in [0.1, 0.15) is 30.0 Å². The van der Waals surface area contributed by atoms with Crippen molar-refractivity contribution < 1.29 is 9.90 Å². The lowest BCUT2D eigenvalue weighted by atomic mass is 10.3. The van der Waals surface area contributed by atoms with Gasteiger partial charge in [-0.1, -0.05) is 11.3 Å². The number of rotatable bonds is 2. The van der Waals surface area contributed by atoms with Crippen molar-refractivity contribution in [3.05, 3.63) is 10.6 Å². The van der Waals surface area contributed by atoms with Crippen LogP contribution in [0.2, 0.25) is 0 Å². The van der Waals surface area contributed by atoms with E-state index in [0.29, 0.717) is 6.54 Å². The average Bonchev–Trinajstić information content (AvgIpc) is 2.61. The van der Waals surface area contributed by atoms with Crippen molar-refractivity contribution in [1.82, 2.24) is 9.88 Å². The van der Waals surface area contributed by atoms with Gasteiger partial charge in [-0.3, -0.25) is 4.79 Å². The third-order valence-electron chi connectivity index (χ3n) is 3.14. The van der Waals surface area contributed by atoms with Crippen molar-refractivity contribution >= 4 is 22.4 Å². The molecule has 1 amide bonds. The maximum absolute atomic E-state index is 11.8. The van der Waals surface area contributed by atoms with E-state index >= 15 is 0 Å². The highest BCUT2D eigenvalue weighted by molar-refractivity contribution is 7.15. The van der Waals surface area contributed by atoms with Crippen LogP contribution in [-0.4, -0.2) is 47.6 Å². The predicted molar refractivity (Wildman–Crippen MR) is 72.0 cm³/mol. The van der Waals surface area contributed by atoms with E-state index in [4.69, 9.17) is 0 Å². The first-order valence-electron chi connectivity index (χ1n) is 6.13. The van der Waals surface area contributed by atoms with Gasteiger partial charge < -0.3 is 14.9 Å². The molecule has 1 aromatic rings. The van der Waals surface area contributed by atoms with Crippen LogP contribution in [0.3, 0.4) is 0 Å². The van der Waals surface area contributed by atoms with E-state index in [1.165, 1.54) is 11.3 Å². The van der Waals surface area contributed by atoms with Gasteiger partial charge in [0.05, 0.1) is 23.2 Å². The Balaban J connectivity index is 2.20. The summed E-state index contributed by atoms with van der Waals surface area (Å²) in [5.74, 6) is 0.124. The van der Waals surface area contributed by atoms with Gasteiger partial charge in [-0.15, -0.1) is 0 Å². The van der Waals surface area contributed by atoms with Gasteiger partial charge in [0.25, 0.3) is 0 Å². The van der Waals surface area contributed by atoms with Crippen LogP contribution in [0.25, 0.3) is 0 Å². The Morgan fingerprint density at radius 1 is 1.44 bits per heavy atom. The number of hydrogen-bond acceptors (Lipinski definition) is 5. The molecule has 5 nitrogen and oxygen atoms in total. The first-order chi connectivity index (χ1) is 8.49. The molecule has 2 rings (SSSR count). The van der Waals surface area contributed by atoms with E-state index in [0.717, 1.165) is 35.2 Å². The van der Waals surface area contributed by atoms with Crippen LogP contribution < -0.4 is 4.90 Å². The fraction of sp³-hybridized carbons (Fsp3) is 0.667. The molecule has 6 heteroatoms. The van der Waals surface area contributed by atoms with Gasteiger partial charge in [0, 0.05) is 20.1 Å². The van der Waals surface area contributed by atoms with Crippen LogP contribution in [0.5, 0.6) is 0 Å².